The number of amides is 1. The molecule has 0 saturated heterocycles. The Morgan fingerprint density at radius 2 is 1.80 bits per heavy atom. The van der Waals surface area contributed by atoms with Gasteiger partial charge in [-0.1, -0.05) is 51.1 Å². The minimum atomic E-state index is -0.921. The third-order valence-corrected chi connectivity index (χ3v) is 3.02. The van der Waals surface area contributed by atoms with Crippen molar-refractivity contribution in [2.45, 2.75) is 46.1 Å². The summed E-state index contributed by atoms with van der Waals surface area (Å²) in [5.74, 6) is -1.02. The molecule has 110 valence electrons. The molecule has 0 aliphatic carbocycles. The second kappa shape index (κ2) is 7.08. The SMILES string of the molecule is CC(C)(C)CCC(=O)NC(CC(=O)O)c1ccccc1. The van der Waals surface area contributed by atoms with Crippen molar-refractivity contribution in [1.29, 1.82) is 0 Å². The lowest BCUT2D eigenvalue weighted by Crippen LogP contribution is -2.30. The summed E-state index contributed by atoms with van der Waals surface area (Å²) in [7, 11) is 0. The number of nitrogens with one attached hydrogen (secondary N) is 1. The molecule has 0 aromatic heterocycles. The minimum Gasteiger partial charge on any atom is -0.481 e. The van der Waals surface area contributed by atoms with Gasteiger partial charge < -0.3 is 10.4 Å². The van der Waals surface area contributed by atoms with Crippen LogP contribution in [0.2, 0.25) is 0 Å². The monoisotopic (exact) mass is 277 g/mol. The highest BCUT2D eigenvalue weighted by atomic mass is 16.4. The molecule has 1 aromatic carbocycles. The van der Waals surface area contributed by atoms with Crippen LogP contribution in [-0.2, 0) is 9.59 Å². The summed E-state index contributed by atoms with van der Waals surface area (Å²) in [6.45, 7) is 6.23. The highest BCUT2D eigenvalue weighted by Crippen LogP contribution is 2.21. The lowest BCUT2D eigenvalue weighted by Gasteiger charge is -2.20. The number of carboxylic acid groups (broad SMARTS) is 1. The van der Waals surface area contributed by atoms with E-state index in [4.69, 9.17) is 5.11 Å². The fraction of sp³-hybridized carbons (Fsp3) is 0.500. The Bertz CT molecular complexity index is 449. The quantitative estimate of drug-likeness (QED) is 0.839. The predicted molar refractivity (Wildman–Crippen MR) is 78.3 cm³/mol. The number of benzene rings is 1. The molecule has 0 aliphatic heterocycles. The van der Waals surface area contributed by atoms with Gasteiger partial charge in [0.15, 0.2) is 0 Å². The van der Waals surface area contributed by atoms with Crippen LogP contribution in [0.25, 0.3) is 0 Å². The van der Waals surface area contributed by atoms with Crippen molar-refractivity contribution in [2.24, 2.45) is 5.41 Å². The second-order valence-electron chi connectivity index (χ2n) is 6.19. The van der Waals surface area contributed by atoms with Gasteiger partial charge in [0.05, 0.1) is 12.5 Å². The molecule has 1 atom stereocenters. The first-order valence-electron chi connectivity index (χ1n) is 6.84. The number of carbonyl (C=O) groups is 2. The average Bonchev–Trinajstić information content (AvgIpc) is 2.35. The molecule has 0 spiro atoms. The highest BCUT2D eigenvalue weighted by Gasteiger charge is 2.19. The van der Waals surface area contributed by atoms with Gasteiger partial charge in [-0.25, -0.2) is 0 Å². The number of aliphatic carboxylic acids is 1. The van der Waals surface area contributed by atoms with E-state index in [1.54, 1.807) is 0 Å². The summed E-state index contributed by atoms with van der Waals surface area (Å²) in [6.07, 6.45) is 1.07. The Hall–Kier alpha value is -1.84. The zero-order valence-corrected chi connectivity index (χ0v) is 12.3. The van der Waals surface area contributed by atoms with Gasteiger partial charge in [0, 0.05) is 6.42 Å². The second-order valence-corrected chi connectivity index (χ2v) is 6.19. The van der Waals surface area contributed by atoms with Crippen molar-refractivity contribution in [3.8, 4) is 0 Å². The standard InChI is InChI=1S/C16H23NO3/c1-16(2,3)10-9-14(18)17-13(11-15(19)20)12-7-5-4-6-8-12/h4-8,13H,9-11H2,1-3H3,(H,17,18)(H,19,20). The molecule has 1 unspecified atom stereocenters. The Labute approximate surface area is 120 Å². The van der Waals surface area contributed by atoms with Crippen LogP contribution in [0.1, 0.15) is 51.6 Å². The molecule has 0 fully saturated rings. The fourth-order valence-corrected chi connectivity index (χ4v) is 1.87. The molecule has 0 saturated carbocycles. The highest BCUT2D eigenvalue weighted by molar-refractivity contribution is 5.77. The van der Waals surface area contributed by atoms with E-state index in [0.717, 1.165) is 12.0 Å². The molecule has 1 aromatic rings. The van der Waals surface area contributed by atoms with Crippen molar-refractivity contribution in [3.05, 3.63) is 35.9 Å². The van der Waals surface area contributed by atoms with Gasteiger partial charge in [0.25, 0.3) is 0 Å². The molecule has 2 N–H and O–H groups in total. The number of hydrogen-bond acceptors (Lipinski definition) is 2. The smallest absolute Gasteiger partial charge is 0.305 e. The molecule has 20 heavy (non-hydrogen) atoms. The fourth-order valence-electron chi connectivity index (χ4n) is 1.87. The Morgan fingerprint density at radius 1 is 1.20 bits per heavy atom. The molecule has 1 rings (SSSR count). The summed E-state index contributed by atoms with van der Waals surface area (Å²) in [5, 5.41) is 11.8. The molecule has 0 radical (unpaired) electrons. The van der Waals surface area contributed by atoms with Crippen LogP contribution in [0.5, 0.6) is 0 Å². The van der Waals surface area contributed by atoms with E-state index in [2.05, 4.69) is 26.1 Å². The largest absolute Gasteiger partial charge is 0.481 e. The van der Waals surface area contributed by atoms with E-state index in [0.29, 0.717) is 6.42 Å². The topological polar surface area (TPSA) is 66.4 Å². The van der Waals surface area contributed by atoms with Crippen LogP contribution in [0.15, 0.2) is 30.3 Å². The lowest BCUT2D eigenvalue weighted by atomic mass is 9.90. The zero-order valence-electron chi connectivity index (χ0n) is 12.3. The number of carbonyl (C=O) groups excluding carboxylic acids is 1. The minimum absolute atomic E-state index is 0.0897. The molecular weight excluding hydrogens is 254 g/mol. The normalized spacial score (nSPS) is 12.8. The van der Waals surface area contributed by atoms with Gasteiger partial charge in [-0.2, -0.15) is 0 Å². The summed E-state index contributed by atoms with van der Waals surface area (Å²) >= 11 is 0. The van der Waals surface area contributed by atoms with Crippen LogP contribution >= 0.6 is 0 Å². The van der Waals surface area contributed by atoms with Gasteiger partial charge in [0.1, 0.15) is 0 Å². The van der Waals surface area contributed by atoms with E-state index in [1.807, 2.05) is 30.3 Å². The van der Waals surface area contributed by atoms with Crippen molar-refractivity contribution >= 4 is 11.9 Å². The van der Waals surface area contributed by atoms with Crippen LogP contribution < -0.4 is 5.32 Å². The third-order valence-electron chi connectivity index (χ3n) is 3.02. The van der Waals surface area contributed by atoms with E-state index < -0.39 is 12.0 Å². The zero-order chi connectivity index (χ0) is 15.2. The first-order valence-corrected chi connectivity index (χ1v) is 6.84. The molecular formula is C16H23NO3. The number of carboxylic acids is 1. The van der Waals surface area contributed by atoms with E-state index in [9.17, 15) is 9.59 Å². The van der Waals surface area contributed by atoms with Gasteiger partial charge in [-0.3, -0.25) is 9.59 Å². The van der Waals surface area contributed by atoms with Crippen LogP contribution in [-0.4, -0.2) is 17.0 Å². The van der Waals surface area contributed by atoms with Crippen molar-refractivity contribution in [2.75, 3.05) is 0 Å². The maximum atomic E-state index is 12.0. The maximum absolute atomic E-state index is 12.0. The van der Waals surface area contributed by atoms with E-state index >= 15 is 0 Å². The van der Waals surface area contributed by atoms with E-state index in [1.165, 1.54) is 0 Å². The first-order chi connectivity index (χ1) is 9.28. The molecule has 1 amide bonds. The summed E-state index contributed by atoms with van der Waals surface area (Å²) in [6, 6.07) is 8.73. The van der Waals surface area contributed by atoms with Crippen LogP contribution in [0, 0.1) is 5.41 Å². The molecule has 0 aliphatic rings. The summed E-state index contributed by atoms with van der Waals surface area (Å²) in [4.78, 5) is 22.9. The third kappa shape index (κ3) is 6.36. The van der Waals surface area contributed by atoms with Crippen LogP contribution in [0.3, 0.4) is 0 Å². The maximum Gasteiger partial charge on any atom is 0.305 e. The Balaban J connectivity index is 2.66. The van der Waals surface area contributed by atoms with Crippen LogP contribution in [0.4, 0.5) is 0 Å². The van der Waals surface area contributed by atoms with Crippen molar-refractivity contribution in [1.82, 2.24) is 5.32 Å². The number of rotatable bonds is 6. The molecule has 4 heteroatoms. The van der Waals surface area contributed by atoms with Gasteiger partial charge in [0.2, 0.25) is 5.91 Å². The summed E-state index contributed by atoms with van der Waals surface area (Å²) in [5.41, 5.74) is 0.908. The Kier molecular flexibility index (Phi) is 5.74. The number of hydrogen-bond donors (Lipinski definition) is 2. The predicted octanol–water partition coefficient (Wildman–Crippen LogP) is 3.14. The summed E-state index contributed by atoms with van der Waals surface area (Å²) < 4.78 is 0. The first kappa shape index (κ1) is 16.2. The van der Waals surface area contributed by atoms with Gasteiger partial charge in [-0.15, -0.1) is 0 Å². The molecule has 0 heterocycles. The van der Waals surface area contributed by atoms with E-state index in [-0.39, 0.29) is 17.7 Å². The molecule has 0 bridgehead atoms. The average molecular weight is 277 g/mol. The van der Waals surface area contributed by atoms with Gasteiger partial charge in [-0.05, 0) is 17.4 Å². The van der Waals surface area contributed by atoms with Crippen molar-refractivity contribution < 1.29 is 14.7 Å². The van der Waals surface area contributed by atoms with Gasteiger partial charge >= 0.3 is 5.97 Å². The van der Waals surface area contributed by atoms with Crippen molar-refractivity contribution in [3.63, 3.8) is 0 Å². The Morgan fingerprint density at radius 3 is 2.30 bits per heavy atom. The lowest BCUT2D eigenvalue weighted by molar-refractivity contribution is -0.137. The molecule has 4 nitrogen and oxygen atoms in total.